The van der Waals surface area contributed by atoms with Crippen molar-refractivity contribution in [3.05, 3.63) is 177 Å². The Morgan fingerprint density at radius 1 is 0.776 bits per heavy atom. The minimum Gasteiger partial charge on any atom is -0.384 e. The number of tetrazole rings is 1. The first kappa shape index (κ1) is 48.2. The second kappa shape index (κ2) is 24.2. The molecule has 7 aromatic rings. The maximum absolute atomic E-state index is 8.04. The number of amidine groups is 1. The number of aryl methyl sites for hydroxylation is 2. The minimum absolute atomic E-state index is 0.0603. The quantitative estimate of drug-likeness (QED) is 0.0221. The van der Waals surface area contributed by atoms with Crippen LogP contribution in [0.4, 0.5) is 0 Å². The lowest BCUT2D eigenvalue weighted by Crippen LogP contribution is -2.27. The number of nitrogens with two attached hydrogens (primary N) is 1. The fraction of sp³-hybridized carbons (Fsp3) is 0.296. The molecule has 0 saturated heterocycles. The molecular weight excluding hydrogens is 856 g/mol. The van der Waals surface area contributed by atoms with Crippen molar-refractivity contribution in [1.82, 2.24) is 35.1 Å². The topological polar surface area (TPSA) is 156 Å². The standard InChI is InChI=1S/C54H61ClN10O2/c1-5-7-13-30-64(32-39-22-26-44(27-23-39)46-18-10-12-20-48(46)54-60-62-63-61-54)50(52(55)58-4)37-67-35-42-16-14-15-41(31-42)34-66-36-49-38(3)59-51(21-8-6-2)65(49)33-40-24-28-43(29-25-40)45-17-9-11-19-47(45)53(56)57/h9-12,14-20,22-29,31H,4-8,13,21,30,32-37H2,1-3H3,(H3,56,57)(H,60,61,62,63)/b52-50-. The summed E-state index contributed by atoms with van der Waals surface area (Å²) < 4.78 is 15.2. The zero-order valence-corrected chi connectivity index (χ0v) is 39.6. The van der Waals surface area contributed by atoms with Crippen molar-refractivity contribution in [3.8, 4) is 33.6 Å². The molecule has 0 fully saturated rings. The third kappa shape index (κ3) is 12.8. The van der Waals surface area contributed by atoms with Crippen LogP contribution in [0, 0.1) is 12.3 Å². The summed E-state index contributed by atoms with van der Waals surface area (Å²) in [4.78, 5) is 11.5. The van der Waals surface area contributed by atoms with Crippen LogP contribution >= 0.6 is 11.6 Å². The Kier molecular flexibility index (Phi) is 17.4. The molecule has 13 heteroatoms. The van der Waals surface area contributed by atoms with E-state index in [0.29, 0.717) is 43.9 Å². The smallest absolute Gasteiger partial charge is 0.205 e. The number of ether oxygens (including phenoxy) is 2. The molecule has 0 saturated carbocycles. The first-order valence-corrected chi connectivity index (χ1v) is 23.5. The number of nitrogen functional groups attached to an aromatic ring is 1. The molecule has 346 valence electrons. The van der Waals surface area contributed by atoms with Crippen molar-refractivity contribution in [2.45, 2.75) is 92.2 Å². The Morgan fingerprint density at radius 2 is 1.43 bits per heavy atom. The van der Waals surface area contributed by atoms with E-state index in [9.17, 15) is 0 Å². The molecule has 0 bridgehead atoms. The number of aliphatic imine (C=N–C) groups is 1. The second-order valence-electron chi connectivity index (χ2n) is 16.7. The lowest BCUT2D eigenvalue weighted by Gasteiger charge is -2.28. The molecule has 0 aliphatic heterocycles. The lowest BCUT2D eigenvalue weighted by molar-refractivity contribution is 0.101. The van der Waals surface area contributed by atoms with Gasteiger partial charge in [0.25, 0.3) is 0 Å². The van der Waals surface area contributed by atoms with Crippen molar-refractivity contribution >= 4 is 24.2 Å². The van der Waals surface area contributed by atoms with Crippen molar-refractivity contribution < 1.29 is 9.47 Å². The Balaban J connectivity index is 0.986. The highest BCUT2D eigenvalue weighted by molar-refractivity contribution is 6.30. The first-order chi connectivity index (χ1) is 32.8. The van der Waals surface area contributed by atoms with Crippen LogP contribution in [0.5, 0.6) is 0 Å². The van der Waals surface area contributed by atoms with Gasteiger partial charge in [0.1, 0.15) is 16.8 Å². The number of nitrogens with zero attached hydrogens (tertiary/aromatic N) is 7. The Morgan fingerprint density at radius 3 is 2.10 bits per heavy atom. The van der Waals surface area contributed by atoms with Crippen LogP contribution in [0.2, 0.25) is 0 Å². The van der Waals surface area contributed by atoms with Crippen molar-refractivity contribution in [1.29, 1.82) is 5.41 Å². The Hall–Kier alpha value is -6.73. The maximum Gasteiger partial charge on any atom is 0.205 e. The number of unbranched alkanes of at least 4 members (excludes halogenated alkanes) is 3. The third-order valence-corrected chi connectivity index (χ3v) is 12.2. The molecule has 67 heavy (non-hydrogen) atoms. The van der Waals surface area contributed by atoms with Crippen LogP contribution < -0.4 is 5.73 Å². The molecule has 0 radical (unpaired) electrons. The van der Waals surface area contributed by atoms with Gasteiger partial charge in [-0.2, -0.15) is 5.21 Å². The number of aromatic nitrogens is 6. The van der Waals surface area contributed by atoms with E-state index in [4.69, 9.17) is 37.2 Å². The maximum atomic E-state index is 8.04. The van der Waals surface area contributed by atoms with Crippen molar-refractivity contribution in [2.75, 3.05) is 13.2 Å². The average molecular weight is 918 g/mol. The van der Waals surface area contributed by atoms with Crippen LogP contribution in [0.1, 0.15) is 91.0 Å². The summed E-state index contributed by atoms with van der Waals surface area (Å²) in [5.41, 5.74) is 18.9. The van der Waals surface area contributed by atoms with Gasteiger partial charge in [0.05, 0.1) is 43.5 Å². The highest BCUT2D eigenvalue weighted by atomic mass is 35.5. The zero-order valence-electron chi connectivity index (χ0n) is 38.8. The van der Waals surface area contributed by atoms with Gasteiger partial charge in [-0.25, -0.2) is 4.98 Å². The number of H-pyrrole nitrogens is 1. The van der Waals surface area contributed by atoms with Gasteiger partial charge in [-0.3, -0.25) is 10.4 Å². The number of nitrogens with one attached hydrogen (secondary N) is 2. The van der Waals surface area contributed by atoms with Crippen molar-refractivity contribution in [2.24, 2.45) is 10.7 Å². The number of hydrogen-bond donors (Lipinski definition) is 3. The predicted molar refractivity (Wildman–Crippen MR) is 270 cm³/mol. The SMILES string of the molecule is C=N/C(Cl)=C(/COCc1cccc(COCc2c(C)nc(CCCC)n2Cc2ccc(-c3ccccc3C(=N)N)cc2)c1)N(CCCCC)Cc1ccc(-c2ccccc2-c2nn[nH]n2)cc1. The highest BCUT2D eigenvalue weighted by Crippen LogP contribution is 2.31. The van der Waals surface area contributed by atoms with E-state index in [0.717, 1.165) is 124 Å². The molecule has 2 aromatic heterocycles. The van der Waals surface area contributed by atoms with Gasteiger partial charge in [-0.05, 0) is 76.2 Å². The number of hydrogen-bond acceptors (Lipinski definition) is 9. The van der Waals surface area contributed by atoms with E-state index in [1.54, 1.807) is 0 Å². The van der Waals surface area contributed by atoms with Gasteiger partial charge in [-0.1, -0.05) is 166 Å². The van der Waals surface area contributed by atoms with Crippen molar-refractivity contribution in [3.63, 3.8) is 0 Å². The van der Waals surface area contributed by atoms with E-state index in [2.05, 4.69) is 135 Å². The van der Waals surface area contributed by atoms with Gasteiger partial charge in [0.2, 0.25) is 5.82 Å². The van der Waals surface area contributed by atoms with Crippen LogP contribution in [-0.4, -0.2) is 60.8 Å². The van der Waals surface area contributed by atoms with Crippen LogP contribution in [0.15, 0.2) is 137 Å². The molecule has 0 aliphatic carbocycles. The summed E-state index contributed by atoms with van der Waals surface area (Å²) in [5.74, 6) is 1.69. The largest absolute Gasteiger partial charge is 0.384 e. The van der Waals surface area contributed by atoms with E-state index >= 15 is 0 Å². The summed E-state index contributed by atoms with van der Waals surface area (Å²) in [6, 6.07) is 41.2. The lowest BCUT2D eigenvalue weighted by atomic mass is 9.98. The van der Waals surface area contributed by atoms with Gasteiger partial charge >= 0.3 is 0 Å². The summed E-state index contributed by atoms with van der Waals surface area (Å²) in [5, 5.41) is 23.1. The van der Waals surface area contributed by atoms with Gasteiger partial charge in [0.15, 0.2) is 0 Å². The fourth-order valence-corrected chi connectivity index (χ4v) is 8.47. The average Bonchev–Trinajstić information content (AvgIpc) is 4.00. The number of halogens is 1. The van der Waals surface area contributed by atoms with E-state index in [1.165, 1.54) is 0 Å². The van der Waals surface area contributed by atoms with Gasteiger partial charge in [0, 0.05) is 37.2 Å². The number of imidazole rings is 1. The number of rotatable bonds is 25. The van der Waals surface area contributed by atoms with Gasteiger partial charge < -0.3 is 24.7 Å². The first-order valence-electron chi connectivity index (χ1n) is 23.1. The van der Waals surface area contributed by atoms with E-state index in [1.807, 2.05) is 48.5 Å². The minimum atomic E-state index is 0.0603. The fourth-order valence-electron chi connectivity index (χ4n) is 8.30. The molecule has 0 unspecified atom stereocenters. The van der Waals surface area contributed by atoms with E-state index < -0.39 is 0 Å². The number of aromatic amines is 1. The summed E-state index contributed by atoms with van der Waals surface area (Å²) in [7, 11) is 0. The monoisotopic (exact) mass is 916 g/mol. The van der Waals surface area contributed by atoms with Gasteiger partial charge in [-0.15, -0.1) is 10.2 Å². The molecule has 4 N–H and O–H groups in total. The van der Waals surface area contributed by atoms with Crippen LogP contribution in [-0.2, 0) is 48.8 Å². The Labute approximate surface area is 399 Å². The molecular formula is C54H61ClN10O2. The molecule has 0 atom stereocenters. The molecule has 2 heterocycles. The normalized spacial score (nSPS) is 11.7. The summed E-state index contributed by atoms with van der Waals surface area (Å²) in [6.45, 7) is 13.9. The predicted octanol–water partition coefficient (Wildman–Crippen LogP) is 11.4. The molecule has 0 aliphatic rings. The zero-order chi connectivity index (χ0) is 47.0. The van der Waals surface area contributed by atoms with Crippen LogP contribution in [0.25, 0.3) is 33.6 Å². The third-order valence-electron chi connectivity index (χ3n) is 11.9. The molecule has 0 spiro atoms. The van der Waals surface area contributed by atoms with E-state index in [-0.39, 0.29) is 12.4 Å². The van der Waals surface area contributed by atoms with Crippen LogP contribution in [0.3, 0.4) is 0 Å². The molecule has 0 amide bonds. The Bertz CT molecular complexity index is 2730. The second-order valence-corrected chi connectivity index (χ2v) is 17.1. The summed E-state index contributed by atoms with van der Waals surface area (Å²) >= 11 is 6.81. The summed E-state index contributed by atoms with van der Waals surface area (Å²) in [6.07, 6.45) is 6.25. The highest BCUT2D eigenvalue weighted by Gasteiger charge is 2.18. The molecule has 5 aromatic carbocycles. The number of benzene rings is 5. The molecule has 12 nitrogen and oxygen atoms in total. The molecule has 7 rings (SSSR count).